The van der Waals surface area contributed by atoms with Gasteiger partial charge in [-0.3, -0.25) is 14.1 Å². The molecule has 0 radical (unpaired) electrons. The smallest absolute Gasteiger partial charge is 0.462 e. The van der Waals surface area contributed by atoms with E-state index in [0.29, 0.717) is 25.7 Å². The number of phosphoric ester groups is 1. The van der Waals surface area contributed by atoms with Gasteiger partial charge in [-0.2, -0.15) is 0 Å². The molecule has 0 bridgehead atoms. The van der Waals surface area contributed by atoms with Crippen LogP contribution in [0.2, 0.25) is 0 Å². The van der Waals surface area contributed by atoms with Gasteiger partial charge in [-0.1, -0.05) is 178 Å². The van der Waals surface area contributed by atoms with E-state index in [9.17, 15) is 19.3 Å². The second-order valence-corrected chi connectivity index (χ2v) is 15.9. The molecule has 0 spiro atoms. The Hall–Kier alpha value is -2.29. The molecule has 0 saturated carbocycles. The molecule has 0 aliphatic heterocycles. The number of esters is 2. The molecule has 54 heavy (non-hydrogen) atoms. The predicted molar refractivity (Wildman–Crippen MR) is 222 cm³/mol. The lowest BCUT2D eigenvalue weighted by Crippen LogP contribution is -2.29. The van der Waals surface area contributed by atoms with Gasteiger partial charge in [-0.05, 0) is 50.9 Å². The number of phosphoric acid groups is 1. The third kappa shape index (κ3) is 40.9. The molecule has 0 rings (SSSR count). The van der Waals surface area contributed by atoms with Crippen LogP contribution >= 0.6 is 7.82 Å². The van der Waals surface area contributed by atoms with Crippen molar-refractivity contribution in [2.45, 2.75) is 187 Å². The minimum atomic E-state index is -4.78. The lowest BCUT2D eigenvalue weighted by molar-refractivity contribution is -0.161. The van der Waals surface area contributed by atoms with Crippen molar-refractivity contribution in [3.63, 3.8) is 0 Å². The van der Waals surface area contributed by atoms with Crippen LogP contribution < -0.4 is 0 Å². The maximum atomic E-state index is 12.4. The second-order valence-electron chi connectivity index (χ2n) is 14.6. The Kier molecular flexibility index (Phi) is 36.0. The van der Waals surface area contributed by atoms with Crippen molar-refractivity contribution in [1.82, 2.24) is 0 Å². The third-order valence-corrected chi connectivity index (χ3v) is 9.37. The Morgan fingerprint density at radius 2 is 1.09 bits per heavy atom. The van der Waals surface area contributed by atoms with Crippen LogP contribution in [-0.2, 0) is 28.2 Å². The lowest BCUT2D eigenvalue weighted by atomic mass is 10.0. The molecule has 0 amide bonds. The highest BCUT2D eigenvalue weighted by atomic mass is 31.2. The molecule has 0 aromatic carbocycles. The number of carbonyl (C=O) groups is 2. The van der Waals surface area contributed by atoms with E-state index in [-0.39, 0.29) is 25.6 Å². The first-order valence-electron chi connectivity index (χ1n) is 21.0. The first kappa shape index (κ1) is 51.7. The van der Waals surface area contributed by atoms with Crippen molar-refractivity contribution in [3.05, 3.63) is 60.8 Å². The number of rotatable bonds is 37. The Morgan fingerprint density at radius 3 is 1.61 bits per heavy atom. The minimum absolute atomic E-state index is 0.174. The van der Waals surface area contributed by atoms with Crippen LogP contribution in [-0.4, -0.2) is 52.3 Å². The molecule has 0 aliphatic rings. The fourth-order valence-electron chi connectivity index (χ4n) is 5.60. The van der Waals surface area contributed by atoms with Crippen LogP contribution in [0, 0.1) is 5.92 Å². The molecule has 2 atom stereocenters. The predicted octanol–water partition coefficient (Wildman–Crippen LogP) is 11.7. The van der Waals surface area contributed by atoms with Crippen LogP contribution in [0.4, 0.5) is 0 Å². The van der Waals surface area contributed by atoms with Crippen molar-refractivity contribution in [1.29, 1.82) is 0 Å². The van der Waals surface area contributed by atoms with Crippen LogP contribution in [0.3, 0.4) is 0 Å². The van der Waals surface area contributed by atoms with Crippen molar-refractivity contribution >= 4 is 19.8 Å². The average molecular weight is 781 g/mol. The van der Waals surface area contributed by atoms with Gasteiger partial charge in [0.25, 0.3) is 0 Å². The van der Waals surface area contributed by atoms with Crippen LogP contribution in [0.1, 0.15) is 175 Å². The minimum Gasteiger partial charge on any atom is -0.462 e. The first-order valence-corrected chi connectivity index (χ1v) is 22.6. The SMILES string of the molecule is CC[C@H](O)/C=C/C=C\C/C=C\C/C=C\C/C=C\CCCC(=O)OC[C@H](COP(=O)(O)O)OC(=O)CCCCCCCCCCCCCCCCCC(C)C. The standard InChI is InChI=1S/C44H77O9P/c1-4-41(45)35-31-27-23-19-15-11-8-9-12-16-20-24-28-32-36-43(46)51-38-42(39-52-54(48,49)50)53-44(47)37-33-29-25-21-17-13-7-5-6-10-14-18-22-26-30-34-40(2)3/h9,11-12,15,20,23-24,27,31,35,40-42,45H,4-8,10,13-14,16-19,21-22,25-26,28-30,32-34,36-39H2,1-3H3,(H2,48,49,50)/b12-9-,15-11-,24-20-,27-23-,35-31+/t41-,42+/m0/s1. The molecule has 0 fully saturated rings. The molecule has 0 aromatic heterocycles. The number of unbranched alkanes of at least 4 members (excludes halogenated alkanes) is 15. The topological polar surface area (TPSA) is 140 Å². The first-order chi connectivity index (χ1) is 26.0. The number of aliphatic hydroxyl groups excluding tert-OH is 1. The highest BCUT2D eigenvalue weighted by Crippen LogP contribution is 2.36. The zero-order chi connectivity index (χ0) is 40.0. The van der Waals surface area contributed by atoms with E-state index in [1.807, 2.05) is 37.3 Å². The van der Waals surface area contributed by atoms with Crippen LogP contribution in [0.25, 0.3) is 0 Å². The van der Waals surface area contributed by atoms with Crippen LogP contribution in [0.5, 0.6) is 0 Å². The third-order valence-electron chi connectivity index (χ3n) is 8.89. The summed E-state index contributed by atoms with van der Waals surface area (Å²) in [7, 11) is -4.78. The van der Waals surface area contributed by atoms with Crippen molar-refractivity contribution in [2.75, 3.05) is 13.2 Å². The summed E-state index contributed by atoms with van der Waals surface area (Å²) in [5.41, 5.74) is 0. The summed E-state index contributed by atoms with van der Waals surface area (Å²) in [5.74, 6) is -0.142. The van der Waals surface area contributed by atoms with Crippen LogP contribution in [0.15, 0.2) is 60.8 Å². The molecule has 0 aromatic rings. The quantitative estimate of drug-likeness (QED) is 0.0185. The fraction of sp³-hybridized carbons (Fsp3) is 0.727. The summed E-state index contributed by atoms with van der Waals surface area (Å²) in [5, 5.41) is 9.45. The summed E-state index contributed by atoms with van der Waals surface area (Å²) in [6.07, 6.45) is 43.3. The van der Waals surface area contributed by atoms with Gasteiger partial charge in [-0.25, -0.2) is 4.57 Å². The van der Waals surface area contributed by atoms with Crippen molar-refractivity contribution < 1.29 is 43.0 Å². The largest absolute Gasteiger partial charge is 0.469 e. The number of hydrogen-bond acceptors (Lipinski definition) is 7. The number of aliphatic hydroxyl groups is 1. The highest BCUT2D eigenvalue weighted by Gasteiger charge is 2.22. The van der Waals surface area contributed by atoms with Gasteiger partial charge in [0, 0.05) is 12.8 Å². The zero-order valence-electron chi connectivity index (χ0n) is 34.1. The molecular weight excluding hydrogens is 703 g/mol. The van der Waals surface area contributed by atoms with Crippen molar-refractivity contribution in [3.8, 4) is 0 Å². The molecule has 0 unspecified atom stereocenters. The number of allylic oxidation sites excluding steroid dienone is 9. The van der Waals surface area contributed by atoms with E-state index >= 15 is 0 Å². The van der Waals surface area contributed by atoms with Gasteiger partial charge in [0.15, 0.2) is 6.10 Å². The Labute approximate surface area is 329 Å². The molecule has 10 heteroatoms. The molecule has 9 nitrogen and oxygen atoms in total. The Bertz CT molecular complexity index is 1090. The van der Waals surface area contributed by atoms with Gasteiger partial charge < -0.3 is 24.4 Å². The van der Waals surface area contributed by atoms with Crippen molar-refractivity contribution in [2.24, 2.45) is 5.92 Å². The molecule has 312 valence electrons. The normalized spacial score (nSPS) is 13.8. The number of hydrogen-bond donors (Lipinski definition) is 3. The highest BCUT2D eigenvalue weighted by molar-refractivity contribution is 7.46. The van der Waals surface area contributed by atoms with E-state index in [0.717, 1.165) is 44.4 Å². The number of carbonyl (C=O) groups excluding carboxylic acids is 2. The molecule has 3 N–H and O–H groups in total. The van der Waals surface area contributed by atoms with E-state index in [1.165, 1.54) is 77.0 Å². The zero-order valence-corrected chi connectivity index (χ0v) is 35.0. The van der Waals surface area contributed by atoms with Gasteiger partial charge in [0.05, 0.1) is 12.7 Å². The second kappa shape index (κ2) is 37.6. The van der Waals surface area contributed by atoms with E-state index in [4.69, 9.17) is 19.3 Å². The average Bonchev–Trinajstić information content (AvgIpc) is 3.13. The molecule has 0 saturated heterocycles. The molecular formula is C44H77O9P. The van der Waals surface area contributed by atoms with E-state index in [1.54, 1.807) is 6.08 Å². The van der Waals surface area contributed by atoms with Gasteiger partial charge in [0.1, 0.15) is 6.61 Å². The summed E-state index contributed by atoms with van der Waals surface area (Å²) in [6.45, 7) is 5.65. The Morgan fingerprint density at radius 1 is 0.611 bits per heavy atom. The van der Waals surface area contributed by atoms with E-state index < -0.39 is 32.5 Å². The summed E-state index contributed by atoms with van der Waals surface area (Å²) < 4.78 is 26.3. The maximum absolute atomic E-state index is 12.4. The molecule has 0 aliphatic carbocycles. The Balaban J connectivity index is 4.02. The van der Waals surface area contributed by atoms with Gasteiger partial charge in [0.2, 0.25) is 0 Å². The van der Waals surface area contributed by atoms with Gasteiger partial charge in [-0.15, -0.1) is 0 Å². The fourth-order valence-corrected chi connectivity index (χ4v) is 5.96. The summed E-state index contributed by atoms with van der Waals surface area (Å²) in [6, 6.07) is 0. The number of ether oxygens (including phenoxy) is 2. The van der Waals surface area contributed by atoms with Gasteiger partial charge >= 0.3 is 19.8 Å². The van der Waals surface area contributed by atoms with E-state index in [2.05, 4.69) is 42.7 Å². The monoisotopic (exact) mass is 781 g/mol. The summed E-state index contributed by atoms with van der Waals surface area (Å²) in [4.78, 5) is 42.8. The maximum Gasteiger partial charge on any atom is 0.469 e. The molecule has 0 heterocycles. The summed E-state index contributed by atoms with van der Waals surface area (Å²) >= 11 is 0. The lowest BCUT2D eigenvalue weighted by Gasteiger charge is -2.18.